The van der Waals surface area contributed by atoms with Crippen LogP contribution in [-0.2, 0) is 58.6 Å². The van der Waals surface area contributed by atoms with Crippen molar-refractivity contribution in [2.45, 2.75) is 78.1 Å². The van der Waals surface area contributed by atoms with Gasteiger partial charge in [-0.05, 0) is 123 Å². The molecule has 0 unspecified atom stereocenters. The maximum absolute atomic E-state index is 8.41. The monoisotopic (exact) mass is 1340 g/mol. The predicted molar refractivity (Wildman–Crippen MR) is 395 cm³/mol. The van der Waals surface area contributed by atoms with Gasteiger partial charge in [0.05, 0.1) is 0 Å². The first-order chi connectivity index (χ1) is 44.1. The van der Waals surface area contributed by atoms with Crippen LogP contribution in [0.4, 0.5) is 0 Å². The lowest BCUT2D eigenvalue weighted by molar-refractivity contribution is 0.105. The Bertz CT molecular complexity index is 3550. The van der Waals surface area contributed by atoms with Crippen molar-refractivity contribution in [1.82, 2.24) is 0 Å². The normalized spacial score (nSPS) is 19.0. The van der Waals surface area contributed by atoms with Gasteiger partial charge in [-0.2, -0.15) is 0 Å². The van der Waals surface area contributed by atoms with Gasteiger partial charge in [-0.1, -0.05) is 240 Å². The first kappa shape index (κ1) is 68.7. The fraction of sp³-hybridized carbons (Fsp3) is 0.158. The van der Waals surface area contributed by atoms with Gasteiger partial charge in [-0.3, -0.25) is 0 Å². The minimum atomic E-state index is -4.77. The second-order valence-corrected chi connectivity index (χ2v) is 52.2. The molecule has 1 heterocycles. The molecule has 8 aromatic rings. The molecule has 1 aliphatic rings. The number of rotatable bonds is 20. The lowest BCUT2D eigenvalue weighted by atomic mass is 10.1. The third kappa shape index (κ3) is 18.4. The number of benzene rings is 8. The molecule has 8 aromatic carbocycles. The quantitative estimate of drug-likeness (QED) is 0.0552. The van der Waals surface area contributed by atoms with Gasteiger partial charge >= 0.3 is 35.2 Å². The van der Waals surface area contributed by atoms with Crippen molar-refractivity contribution in [3.8, 4) is 47.4 Å². The van der Waals surface area contributed by atoms with E-state index in [1.807, 2.05) is 193 Å². The standard InChI is InChI=1S/C76H80O8Si8/c1-13-85(5,6)77-89(73-57-49-69(50-58-73)45-29-41-65-33-21-17-22-34-65)81-90(78-86(7,8)14-2,74-59-51-70(52-60-74)46-30-42-66-35-23-18-24-36-66)83-92(80-88(11,12)16-4,76-63-55-72(56-64-76)48-32-44-68-39-27-20-28-40-68)84-91(82-89,79-87(9,10)15-3)75-61-53-71(54-62-75)47-31-43-67-37-25-19-26-38-67/h13-28,33-40,49-64H,1-4,41-44H2,5-12H3. The topological polar surface area (TPSA) is 73.8 Å². The highest BCUT2D eigenvalue weighted by molar-refractivity contribution is 7.07. The molecule has 16 heteroatoms. The molecule has 0 atom stereocenters. The highest BCUT2D eigenvalue weighted by atomic mass is 28.6. The number of hydrogen-bond acceptors (Lipinski definition) is 8. The van der Waals surface area contributed by atoms with Crippen LogP contribution < -0.4 is 20.7 Å². The van der Waals surface area contributed by atoms with Crippen LogP contribution in [-0.4, -0.2) is 68.5 Å². The van der Waals surface area contributed by atoms with Gasteiger partial charge in [-0.15, -0.1) is 26.3 Å². The Balaban J connectivity index is 1.36. The van der Waals surface area contributed by atoms with Gasteiger partial charge in [0.2, 0.25) is 33.3 Å². The summed E-state index contributed by atoms with van der Waals surface area (Å²) in [5, 5.41) is 2.38. The molecule has 0 aromatic heterocycles. The van der Waals surface area contributed by atoms with Gasteiger partial charge < -0.3 is 32.9 Å². The average molecular weight is 1350 g/mol. The van der Waals surface area contributed by atoms with Crippen LogP contribution in [0.3, 0.4) is 0 Å². The summed E-state index contributed by atoms with van der Waals surface area (Å²) in [6.07, 6.45) is 2.30. The van der Waals surface area contributed by atoms with Crippen LogP contribution in [0.1, 0.15) is 44.5 Å². The Morgan fingerprint density at radius 2 is 0.457 bits per heavy atom. The van der Waals surface area contributed by atoms with E-state index < -0.39 is 68.5 Å². The molecule has 0 spiro atoms. The Hall–Kier alpha value is -7.62. The van der Waals surface area contributed by atoms with Gasteiger partial charge in [0, 0.05) is 68.7 Å². The van der Waals surface area contributed by atoms with E-state index in [-0.39, 0.29) is 0 Å². The summed E-state index contributed by atoms with van der Waals surface area (Å²) in [4.78, 5) is 0. The van der Waals surface area contributed by atoms with E-state index in [4.69, 9.17) is 32.9 Å². The van der Waals surface area contributed by atoms with Gasteiger partial charge in [0.15, 0.2) is 0 Å². The Labute approximate surface area is 555 Å². The fourth-order valence-corrected chi connectivity index (χ4v) is 42.2. The number of hydrogen-bond donors (Lipinski definition) is 0. The molecular weight excluding hydrogens is 1270 g/mol. The summed E-state index contributed by atoms with van der Waals surface area (Å²) < 4.78 is 65.3. The maximum atomic E-state index is 8.41. The van der Waals surface area contributed by atoms with Gasteiger partial charge in [-0.25, -0.2) is 0 Å². The van der Waals surface area contributed by atoms with E-state index in [1.54, 1.807) is 0 Å². The molecule has 8 nitrogen and oxygen atoms in total. The van der Waals surface area contributed by atoms with Crippen molar-refractivity contribution in [1.29, 1.82) is 0 Å². The molecule has 0 aliphatic carbocycles. The highest BCUT2D eigenvalue weighted by Crippen LogP contribution is 2.39. The molecule has 0 N–H and O–H groups in total. The molecule has 0 radical (unpaired) electrons. The molecule has 0 bridgehead atoms. The van der Waals surface area contributed by atoms with Crippen LogP contribution >= 0.6 is 0 Å². The van der Waals surface area contributed by atoms with E-state index >= 15 is 0 Å². The molecule has 464 valence electrons. The lowest BCUT2D eigenvalue weighted by Crippen LogP contribution is -2.85. The van der Waals surface area contributed by atoms with Crippen LogP contribution in [0.5, 0.6) is 0 Å². The smallest absolute Gasteiger partial charge is 0.409 e. The van der Waals surface area contributed by atoms with Gasteiger partial charge in [0.25, 0.3) is 0 Å². The van der Waals surface area contributed by atoms with Crippen LogP contribution in [0, 0.1) is 47.4 Å². The van der Waals surface area contributed by atoms with Crippen LogP contribution in [0.25, 0.3) is 0 Å². The summed E-state index contributed by atoms with van der Waals surface area (Å²) >= 11 is 0. The molecule has 1 saturated heterocycles. The first-order valence-electron chi connectivity index (χ1n) is 30.8. The third-order valence-electron chi connectivity index (χ3n) is 15.1. The van der Waals surface area contributed by atoms with Crippen molar-refractivity contribution in [3.63, 3.8) is 0 Å². The fourth-order valence-electron chi connectivity index (χ4n) is 9.62. The zero-order valence-electron chi connectivity index (χ0n) is 54.0. The Kier molecular flexibility index (Phi) is 22.7. The second kappa shape index (κ2) is 30.4. The zero-order chi connectivity index (χ0) is 65.4. The summed E-state index contributed by atoms with van der Waals surface area (Å²) in [5.74, 6) is 27.2. The molecule has 9 rings (SSSR count). The second-order valence-electron chi connectivity index (χ2n) is 24.4. The molecule has 0 saturated carbocycles. The van der Waals surface area contributed by atoms with E-state index in [0.29, 0.717) is 46.4 Å². The Morgan fingerprint density at radius 3 is 0.620 bits per heavy atom. The molecule has 92 heavy (non-hydrogen) atoms. The summed E-state index contributed by atoms with van der Waals surface area (Å²) in [6.45, 7) is 34.1. The van der Waals surface area contributed by atoms with E-state index in [0.717, 1.165) is 44.5 Å². The molecule has 1 fully saturated rings. The third-order valence-corrected chi connectivity index (χ3v) is 44.5. The van der Waals surface area contributed by atoms with Crippen molar-refractivity contribution in [3.05, 3.63) is 312 Å². The summed E-state index contributed by atoms with van der Waals surface area (Å²) in [6, 6.07) is 72.6. The maximum Gasteiger partial charge on any atom is 0.512 e. The first-order valence-corrected chi connectivity index (χ1v) is 49.7. The lowest BCUT2D eigenvalue weighted by Gasteiger charge is -2.53. The van der Waals surface area contributed by atoms with Crippen molar-refractivity contribution in [2.75, 3.05) is 0 Å². The minimum Gasteiger partial charge on any atom is -0.409 e. The van der Waals surface area contributed by atoms with Crippen LogP contribution in [0.15, 0.2) is 268 Å². The average Bonchev–Trinajstić information content (AvgIpc) is 0.708. The molecule has 1 aliphatic heterocycles. The largest absolute Gasteiger partial charge is 0.512 e. The van der Waals surface area contributed by atoms with Crippen molar-refractivity contribution >= 4 is 89.2 Å². The van der Waals surface area contributed by atoms with Gasteiger partial charge in [0.1, 0.15) is 0 Å². The van der Waals surface area contributed by atoms with Crippen molar-refractivity contribution in [2.24, 2.45) is 0 Å². The summed E-state index contributed by atoms with van der Waals surface area (Å²) in [7, 11) is -31.5. The van der Waals surface area contributed by atoms with Crippen LogP contribution in [0.2, 0.25) is 52.4 Å². The van der Waals surface area contributed by atoms with E-state index in [2.05, 4.69) is 175 Å². The molecular formula is C76H80O8Si8. The van der Waals surface area contributed by atoms with E-state index in [9.17, 15) is 0 Å². The summed E-state index contributed by atoms with van der Waals surface area (Å²) in [5.41, 5.74) is 15.1. The molecule has 0 amide bonds. The SMILES string of the molecule is C=C[Si](C)(C)O[Si]1(c2ccc(C#CCc3ccccc3)cc2)O[Si](O[Si](C)(C)C=C)(c2ccc(C#CCc3ccccc3)cc2)O[Si](O[Si](C)(C)C=C)(c2ccc(C#CCc3ccccc3)cc2)O[Si](O[Si](C)(C)C=C)(c2ccc(C#CCc3ccccc3)cc2)O1. The zero-order valence-corrected chi connectivity index (χ0v) is 62.0. The Morgan fingerprint density at radius 1 is 0.283 bits per heavy atom. The predicted octanol–water partition coefficient (Wildman–Crippen LogP) is 13.6. The minimum absolute atomic E-state index is 0.575. The van der Waals surface area contributed by atoms with E-state index in [1.165, 1.54) is 0 Å². The van der Waals surface area contributed by atoms with Crippen molar-refractivity contribution < 1.29 is 32.9 Å². The highest BCUT2D eigenvalue weighted by Gasteiger charge is 2.73.